The van der Waals surface area contributed by atoms with Crippen LogP contribution in [-0.4, -0.2) is 44.6 Å². The second kappa shape index (κ2) is 7.94. The molecule has 1 saturated heterocycles. The normalized spacial score (nSPS) is 19.0. The number of benzene rings is 1. The quantitative estimate of drug-likeness (QED) is 0.828. The molecule has 0 aliphatic carbocycles. The maximum absolute atomic E-state index is 12.5. The minimum Gasteiger partial charge on any atom is -0.335 e. The molecule has 6 heteroatoms. The van der Waals surface area contributed by atoms with Crippen LogP contribution in [0.1, 0.15) is 36.0 Å². The number of hydrogen-bond donors (Lipinski definition) is 1. The van der Waals surface area contributed by atoms with Crippen molar-refractivity contribution in [2.75, 3.05) is 19.3 Å². The van der Waals surface area contributed by atoms with Crippen molar-refractivity contribution in [3.8, 4) is 0 Å². The van der Waals surface area contributed by atoms with Crippen molar-refractivity contribution in [3.63, 3.8) is 0 Å². The molecule has 1 unspecified atom stereocenters. The molecule has 1 atom stereocenters. The first-order valence-corrected chi connectivity index (χ1v) is 10.2. The van der Waals surface area contributed by atoms with E-state index < -0.39 is 10.0 Å². The maximum atomic E-state index is 12.5. The average Bonchev–Trinajstić information content (AvgIpc) is 2.51. The Bertz CT molecular complexity index is 726. The lowest BCUT2D eigenvalue weighted by molar-refractivity contribution is -0.129. The molecular formula is C18H26N2O3S. The SMILES string of the molecule is Cc1ccc(/C=C/C(=O)N2CCCCC2CNS(C)(=O)=O)c(C)c1. The van der Waals surface area contributed by atoms with E-state index in [2.05, 4.69) is 10.8 Å². The van der Waals surface area contributed by atoms with Gasteiger partial charge in [0.1, 0.15) is 0 Å². The van der Waals surface area contributed by atoms with Crippen LogP contribution in [0.25, 0.3) is 6.08 Å². The number of rotatable bonds is 5. The van der Waals surface area contributed by atoms with E-state index in [-0.39, 0.29) is 18.5 Å². The molecule has 0 aromatic heterocycles. The van der Waals surface area contributed by atoms with Gasteiger partial charge in [-0.05, 0) is 50.3 Å². The summed E-state index contributed by atoms with van der Waals surface area (Å²) in [6.45, 7) is 5.02. The Hall–Kier alpha value is -1.66. The van der Waals surface area contributed by atoms with Crippen LogP contribution < -0.4 is 4.72 Å². The summed E-state index contributed by atoms with van der Waals surface area (Å²) in [5, 5.41) is 0. The van der Waals surface area contributed by atoms with Gasteiger partial charge in [-0.1, -0.05) is 23.8 Å². The van der Waals surface area contributed by atoms with Crippen LogP contribution in [0.4, 0.5) is 0 Å². The van der Waals surface area contributed by atoms with Crippen LogP contribution in [0, 0.1) is 13.8 Å². The van der Waals surface area contributed by atoms with E-state index in [0.29, 0.717) is 6.54 Å². The van der Waals surface area contributed by atoms with Crippen molar-refractivity contribution >= 4 is 22.0 Å². The third-order valence-corrected chi connectivity index (χ3v) is 5.01. The summed E-state index contributed by atoms with van der Waals surface area (Å²) in [6.07, 6.45) is 7.37. The van der Waals surface area contributed by atoms with Gasteiger partial charge in [0.05, 0.1) is 6.26 Å². The van der Waals surface area contributed by atoms with Crippen LogP contribution in [-0.2, 0) is 14.8 Å². The van der Waals surface area contributed by atoms with Gasteiger partial charge in [-0.15, -0.1) is 0 Å². The van der Waals surface area contributed by atoms with Gasteiger partial charge in [0, 0.05) is 25.2 Å². The Balaban J connectivity index is 2.06. The van der Waals surface area contributed by atoms with Crippen LogP contribution >= 0.6 is 0 Å². The molecule has 0 saturated carbocycles. The van der Waals surface area contributed by atoms with E-state index in [0.717, 1.165) is 36.6 Å². The van der Waals surface area contributed by atoms with Crippen LogP contribution in [0.5, 0.6) is 0 Å². The van der Waals surface area contributed by atoms with Gasteiger partial charge in [-0.25, -0.2) is 13.1 Å². The van der Waals surface area contributed by atoms with E-state index in [1.165, 1.54) is 5.56 Å². The molecule has 2 rings (SSSR count). The highest BCUT2D eigenvalue weighted by molar-refractivity contribution is 7.88. The minimum absolute atomic E-state index is 0.0602. The fourth-order valence-electron chi connectivity index (χ4n) is 3.02. The standard InChI is InChI=1S/C18H26N2O3S/c1-14-7-8-16(15(2)12-14)9-10-18(21)20-11-5-4-6-17(20)13-19-24(3,22)23/h7-10,12,17,19H,4-6,11,13H2,1-3H3/b10-9+. The molecule has 5 nitrogen and oxygen atoms in total. The molecule has 1 amide bonds. The fourth-order valence-corrected chi connectivity index (χ4v) is 3.52. The monoisotopic (exact) mass is 350 g/mol. The number of likely N-dealkylation sites (tertiary alicyclic amines) is 1. The van der Waals surface area contributed by atoms with Crippen molar-refractivity contribution in [2.45, 2.75) is 39.2 Å². The van der Waals surface area contributed by atoms with E-state index in [1.807, 2.05) is 32.1 Å². The molecule has 132 valence electrons. The Morgan fingerprint density at radius 1 is 1.33 bits per heavy atom. The molecule has 1 N–H and O–H groups in total. The highest BCUT2D eigenvalue weighted by Crippen LogP contribution is 2.18. The number of sulfonamides is 1. The topological polar surface area (TPSA) is 66.5 Å². The number of amides is 1. The number of carbonyl (C=O) groups excluding carboxylic acids is 1. The van der Waals surface area contributed by atoms with Gasteiger partial charge in [-0.3, -0.25) is 4.79 Å². The molecule has 1 aromatic rings. The van der Waals surface area contributed by atoms with Crippen LogP contribution in [0.2, 0.25) is 0 Å². The molecule has 0 spiro atoms. The molecule has 1 heterocycles. The molecule has 24 heavy (non-hydrogen) atoms. The van der Waals surface area contributed by atoms with E-state index in [9.17, 15) is 13.2 Å². The van der Waals surface area contributed by atoms with E-state index >= 15 is 0 Å². The summed E-state index contributed by atoms with van der Waals surface area (Å²) < 4.78 is 25.1. The Kier molecular flexibility index (Phi) is 6.18. The minimum atomic E-state index is -3.24. The number of carbonyl (C=O) groups is 1. The number of nitrogens with zero attached hydrogens (tertiary/aromatic N) is 1. The van der Waals surface area contributed by atoms with Gasteiger partial charge in [0.15, 0.2) is 0 Å². The largest absolute Gasteiger partial charge is 0.335 e. The maximum Gasteiger partial charge on any atom is 0.246 e. The molecule has 1 aromatic carbocycles. The van der Waals surface area contributed by atoms with Crippen LogP contribution in [0.3, 0.4) is 0 Å². The first-order valence-electron chi connectivity index (χ1n) is 8.27. The second-order valence-electron chi connectivity index (χ2n) is 6.50. The smallest absolute Gasteiger partial charge is 0.246 e. The van der Waals surface area contributed by atoms with Gasteiger partial charge >= 0.3 is 0 Å². The highest BCUT2D eigenvalue weighted by atomic mass is 32.2. The third-order valence-electron chi connectivity index (χ3n) is 4.32. The molecule has 1 aliphatic heterocycles. The molecule has 1 fully saturated rings. The van der Waals surface area contributed by atoms with Gasteiger partial charge in [-0.2, -0.15) is 0 Å². The van der Waals surface area contributed by atoms with Gasteiger partial charge in [0.2, 0.25) is 15.9 Å². The number of nitrogens with one attached hydrogen (secondary N) is 1. The highest BCUT2D eigenvalue weighted by Gasteiger charge is 2.25. The number of aryl methyl sites for hydroxylation is 2. The molecule has 0 radical (unpaired) electrons. The average molecular weight is 350 g/mol. The van der Waals surface area contributed by atoms with Crippen molar-refractivity contribution < 1.29 is 13.2 Å². The lowest BCUT2D eigenvalue weighted by Crippen LogP contribution is -2.48. The second-order valence-corrected chi connectivity index (χ2v) is 8.33. The summed E-state index contributed by atoms with van der Waals surface area (Å²) in [5.74, 6) is -0.0602. The zero-order chi connectivity index (χ0) is 17.7. The van der Waals surface area contributed by atoms with Crippen molar-refractivity contribution in [1.82, 2.24) is 9.62 Å². The first kappa shape index (κ1) is 18.7. The predicted molar refractivity (Wildman–Crippen MR) is 97.1 cm³/mol. The van der Waals surface area contributed by atoms with E-state index in [4.69, 9.17) is 0 Å². The zero-order valence-electron chi connectivity index (χ0n) is 14.6. The predicted octanol–water partition coefficient (Wildman–Crippen LogP) is 2.25. The molecule has 0 bridgehead atoms. The summed E-state index contributed by atoms with van der Waals surface area (Å²) in [5.41, 5.74) is 3.35. The lowest BCUT2D eigenvalue weighted by atomic mass is 10.0. The summed E-state index contributed by atoms with van der Waals surface area (Å²) >= 11 is 0. The van der Waals surface area contributed by atoms with Gasteiger partial charge < -0.3 is 4.90 Å². The van der Waals surface area contributed by atoms with E-state index in [1.54, 1.807) is 11.0 Å². The first-order chi connectivity index (χ1) is 11.3. The number of hydrogen-bond acceptors (Lipinski definition) is 3. The lowest BCUT2D eigenvalue weighted by Gasteiger charge is -2.35. The Morgan fingerprint density at radius 3 is 2.75 bits per heavy atom. The third kappa shape index (κ3) is 5.46. The van der Waals surface area contributed by atoms with Gasteiger partial charge in [0.25, 0.3) is 0 Å². The zero-order valence-corrected chi connectivity index (χ0v) is 15.4. The molecular weight excluding hydrogens is 324 g/mol. The van der Waals surface area contributed by atoms with Crippen LogP contribution in [0.15, 0.2) is 24.3 Å². The van der Waals surface area contributed by atoms with Crippen molar-refractivity contribution in [2.24, 2.45) is 0 Å². The Morgan fingerprint density at radius 2 is 2.08 bits per heavy atom. The van der Waals surface area contributed by atoms with Crippen molar-refractivity contribution in [3.05, 3.63) is 41.0 Å². The summed E-state index contributed by atoms with van der Waals surface area (Å²) in [7, 11) is -3.24. The summed E-state index contributed by atoms with van der Waals surface area (Å²) in [6, 6.07) is 6.04. The molecule has 1 aliphatic rings. The number of piperidine rings is 1. The van der Waals surface area contributed by atoms with Crippen molar-refractivity contribution in [1.29, 1.82) is 0 Å². The summed E-state index contributed by atoms with van der Waals surface area (Å²) in [4.78, 5) is 14.3. The Labute approximate surface area is 144 Å². The fraction of sp³-hybridized carbons (Fsp3) is 0.500.